The van der Waals surface area contributed by atoms with Crippen molar-refractivity contribution in [2.24, 2.45) is 17.6 Å². The Morgan fingerprint density at radius 1 is 1.05 bits per heavy atom. The summed E-state index contributed by atoms with van der Waals surface area (Å²) in [5.41, 5.74) is 6.24. The summed E-state index contributed by atoms with van der Waals surface area (Å²) in [5, 5.41) is 3.35. The van der Waals surface area contributed by atoms with E-state index in [1.54, 1.807) is 24.3 Å². The van der Waals surface area contributed by atoms with Gasteiger partial charge in [0.2, 0.25) is 5.91 Å². The lowest BCUT2D eigenvalue weighted by Gasteiger charge is -2.17. The van der Waals surface area contributed by atoms with Crippen LogP contribution >= 0.6 is 0 Å². The van der Waals surface area contributed by atoms with Crippen LogP contribution in [0.1, 0.15) is 20.7 Å². The highest BCUT2D eigenvalue weighted by molar-refractivity contribution is 5.97. The summed E-state index contributed by atoms with van der Waals surface area (Å²) in [6, 6.07) is 6.56. The number of nitrogens with one attached hydrogen (secondary N) is 1. The second kappa shape index (κ2) is 4.66. The van der Waals surface area contributed by atoms with Crippen LogP contribution in [-0.2, 0) is 0 Å². The largest absolute Gasteiger partial charge is 0.366 e. The number of nitrogens with two attached hydrogens (primary N) is 1. The Morgan fingerprint density at radius 2 is 1.58 bits per heavy atom. The first kappa shape index (κ1) is 12.2. The van der Waals surface area contributed by atoms with Crippen molar-refractivity contribution in [1.82, 2.24) is 10.2 Å². The van der Waals surface area contributed by atoms with Gasteiger partial charge in [0, 0.05) is 37.3 Å². The smallest absolute Gasteiger partial charge is 0.253 e. The highest BCUT2D eigenvalue weighted by Crippen LogP contribution is 2.27. The van der Waals surface area contributed by atoms with Crippen molar-refractivity contribution < 1.29 is 9.59 Å². The standard InChI is InChI=1S/C14H17N3O2/c15-13(18)9-1-3-10(4-2-9)14(19)17-7-11-5-16-6-12(11)8-17/h1-4,11-12,16H,5-8H2,(H2,15,18)/t11-,12+. The van der Waals surface area contributed by atoms with Gasteiger partial charge >= 0.3 is 0 Å². The van der Waals surface area contributed by atoms with Crippen molar-refractivity contribution in [3.05, 3.63) is 35.4 Å². The quantitative estimate of drug-likeness (QED) is 0.789. The van der Waals surface area contributed by atoms with E-state index < -0.39 is 5.91 Å². The van der Waals surface area contributed by atoms with Crippen LogP contribution in [0, 0.1) is 11.8 Å². The Labute approximate surface area is 111 Å². The molecule has 2 amide bonds. The monoisotopic (exact) mass is 259 g/mol. The number of amides is 2. The zero-order valence-corrected chi connectivity index (χ0v) is 10.6. The molecule has 19 heavy (non-hydrogen) atoms. The molecule has 2 saturated heterocycles. The van der Waals surface area contributed by atoms with Crippen molar-refractivity contribution >= 4 is 11.8 Å². The van der Waals surface area contributed by atoms with Gasteiger partial charge in [-0.3, -0.25) is 9.59 Å². The normalized spacial score (nSPS) is 25.4. The number of carbonyl (C=O) groups is 2. The summed E-state index contributed by atoms with van der Waals surface area (Å²) in [6.45, 7) is 3.67. The lowest BCUT2D eigenvalue weighted by molar-refractivity contribution is 0.0781. The summed E-state index contributed by atoms with van der Waals surface area (Å²) < 4.78 is 0. The Kier molecular flexibility index (Phi) is 2.98. The van der Waals surface area contributed by atoms with E-state index in [4.69, 9.17) is 5.73 Å². The number of hydrogen-bond acceptors (Lipinski definition) is 3. The molecule has 2 atom stereocenters. The number of likely N-dealkylation sites (tertiary alicyclic amines) is 1. The van der Waals surface area contributed by atoms with Crippen LogP contribution in [0.3, 0.4) is 0 Å². The molecule has 0 aromatic heterocycles. The number of primary amides is 1. The van der Waals surface area contributed by atoms with E-state index in [9.17, 15) is 9.59 Å². The van der Waals surface area contributed by atoms with Gasteiger partial charge in [-0.05, 0) is 36.1 Å². The Bertz CT molecular complexity index is 500. The molecule has 0 saturated carbocycles. The van der Waals surface area contributed by atoms with Gasteiger partial charge in [0.05, 0.1) is 0 Å². The molecule has 5 nitrogen and oxygen atoms in total. The first-order valence-corrected chi connectivity index (χ1v) is 6.55. The third-order valence-corrected chi connectivity index (χ3v) is 4.09. The van der Waals surface area contributed by atoms with Gasteiger partial charge in [-0.15, -0.1) is 0 Å². The predicted molar refractivity (Wildman–Crippen MR) is 70.7 cm³/mol. The molecule has 100 valence electrons. The van der Waals surface area contributed by atoms with Crippen LogP contribution in [-0.4, -0.2) is 42.9 Å². The van der Waals surface area contributed by atoms with Crippen molar-refractivity contribution in [2.75, 3.05) is 26.2 Å². The maximum atomic E-state index is 12.3. The molecule has 0 radical (unpaired) electrons. The average molecular weight is 259 g/mol. The van der Waals surface area contributed by atoms with Crippen LogP contribution in [0.2, 0.25) is 0 Å². The third kappa shape index (κ3) is 2.21. The van der Waals surface area contributed by atoms with Crippen LogP contribution in [0.15, 0.2) is 24.3 Å². The number of fused-ring (bicyclic) bond motifs is 1. The van der Waals surface area contributed by atoms with E-state index in [0.29, 0.717) is 23.0 Å². The number of rotatable bonds is 2. The first-order valence-electron chi connectivity index (χ1n) is 6.55. The highest BCUT2D eigenvalue weighted by atomic mass is 16.2. The zero-order chi connectivity index (χ0) is 13.4. The van der Waals surface area contributed by atoms with E-state index in [2.05, 4.69) is 5.32 Å². The highest BCUT2D eigenvalue weighted by Gasteiger charge is 2.38. The van der Waals surface area contributed by atoms with Crippen molar-refractivity contribution in [3.63, 3.8) is 0 Å². The van der Waals surface area contributed by atoms with Crippen molar-refractivity contribution in [3.8, 4) is 0 Å². The lowest BCUT2D eigenvalue weighted by Crippen LogP contribution is -2.31. The molecule has 2 fully saturated rings. The molecule has 3 rings (SSSR count). The molecule has 0 bridgehead atoms. The van der Waals surface area contributed by atoms with Gasteiger partial charge < -0.3 is 16.0 Å². The molecule has 0 unspecified atom stereocenters. The summed E-state index contributed by atoms with van der Waals surface area (Å²) in [7, 11) is 0. The van der Waals surface area contributed by atoms with Gasteiger partial charge in [-0.2, -0.15) is 0 Å². The van der Waals surface area contributed by atoms with Crippen molar-refractivity contribution in [1.29, 1.82) is 0 Å². The molecule has 0 spiro atoms. The molecular formula is C14H17N3O2. The minimum absolute atomic E-state index is 0.0467. The van der Waals surface area contributed by atoms with Crippen LogP contribution in [0.25, 0.3) is 0 Å². The molecule has 2 aliphatic heterocycles. The molecule has 1 aromatic rings. The SMILES string of the molecule is NC(=O)c1ccc(C(=O)N2C[C@H]3CNC[C@H]3C2)cc1. The number of carbonyl (C=O) groups excluding carboxylic acids is 2. The predicted octanol–water partition coefficient (Wildman–Crippen LogP) is 0.0769. The topological polar surface area (TPSA) is 75.4 Å². The Morgan fingerprint density at radius 3 is 2.11 bits per heavy atom. The average Bonchev–Trinajstić information content (AvgIpc) is 2.98. The Hall–Kier alpha value is -1.88. The minimum Gasteiger partial charge on any atom is -0.366 e. The molecule has 2 heterocycles. The fourth-order valence-corrected chi connectivity index (χ4v) is 2.98. The molecule has 3 N–H and O–H groups in total. The number of nitrogens with zero attached hydrogens (tertiary/aromatic N) is 1. The number of hydrogen-bond donors (Lipinski definition) is 2. The van der Waals surface area contributed by atoms with Gasteiger partial charge in [-0.25, -0.2) is 0 Å². The third-order valence-electron chi connectivity index (χ3n) is 4.09. The lowest BCUT2D eigenvalue weighted by atomic mass is 10.0. The van der Waals surface area contributed by atoms with Gasteiger partial charge in [0.25, 0.3) is 5.91 Å². The molecule has 1 aromatic carbocycles. The molecule has 2 aliphatic rings. The maximum absolute atomic E-state index is 12.3. The second-order valence-corrected chi connectivity index (χ2v) is 5.33. The van der Waals surface area contributed by atoms with Crippen molar-refractivity contribution in [2.45, 2.75) is 0 Å². The van der Waals surface area contributed by atoms with E-state index in [0.717, 1.165) is 26.2 Å². The second-order valence-electron chi connectivity index (χ2n) is 5.33. The first-order chi connectivity index (χ1) is 9.15. The summed E-state index contributed by atoms with van der Waals surface area (Å²) in [4.78, 5) is 25.3. The summed E-state index contributed by atoms with van der Waals surface area (Å²) in [6.07, 6.45) is 0. The summed E-state index contributed by atoms with van der Waals surface area (Å²) in [5.74, 6) is 0.758. The Balaban J connectivity index is 1.72. The number of benzene rings is 1. The van der Waals surface area contributed by atoms with E-state index in [-0.39, 0.29) is 5.91 Å². The molecule has 5 heteroatoms. The van der Waals surface area contributed by atoms with Gasteiger partial charge in [0.15, 0.2) is 0 Å². The van der Waals surface area contributed by atoms with E-state index >= 15 is 0 Å². The minimum atomic E-state index is -0.472. The summed E-state index contributed by atoms with van der Waals surface area (Å²) >= 11 is 0. The van der Waals surface area contributed by atoms with Gasteiger partial charge in [-0.1, -0.05) is 0 Å². The van der Waals surface area contributed by atoms with Crippen LogP contribution in [0.5, 0.6) is 0 Å². The van der Waals surface area contributed by atoms with E-state index in [1.807, 2.05) is 4.90 Å². The maximum Gasteiger partial charge on any atom is 0.253 e. The zero-order valence-electron chi connectivity index (χ0n) is 10.6. The molecule has 0 aliphatic carbocycles. The van der Waals surface area contributed by atoms with Crippen LogP contribution in [0.4, 0.5) is 0 Å². The van der Waals surface area contributed by atoms with Gasteiger partial charge in [0.1, 0.15) is 0 Å². The fourth-order valence-electron chi connectivity index (χ4n) is 2.98. The van der Waals surface area contributed by atoms with Crippen LogP contribution < -0.4 is 11.1 Å². The fraction of sp³-hybridized carbons (Fsp3) is 0.429. The van der Waals surface area contributed by atoms with E-state index in [1.165, 1.54) is 0 Å². The molecular weight excluding hydrogens is 242 g/mol.